The van der Waals surface area contributed by atoms with Gasteiger partial charge in [-0.15, -0.1) is 0 Å². The average molecular weight is 342 g/mol. The number of halogens is 2. The first-order valence-corrected chi connectivity index (χ1v) is 7.19. The van der Waals surface area contributed by atoms with Crippen LogP contribution in [0.4, 0.5) is 8.78 Å². The molecule has 25 heavy (non-hydrogen) atoms. The van der Waals surface area contributed by atoms with Crippen LogP contribution in [0.25, 0.3) is 23.0 Å². The lowest BCUT2D eigenvalue weighted by Gasteiger charge is -2.07. The van der Waals surface area contributed by atoms with Crippen molar-refractivity contribution in [3.8, 4) is 23.2 Å². The average Bonchev–Trinajstić information content (AvgIpc) is 3.22. The Bertz CT molecular complexity index is 953. The number of benzene rings is 1. The number of ether oxygens (including phenoxy) is 1. The van der Waals surface area contributed by atoms with Crippen LogP contribution in [0.5, 0.6) is 5.75 Å². The zero-order valence-corrected chi connectivity index (χ0v) is 13.1. The number of allylic oxidation sites excluding steroid dienone is 1. The van der Waals surface area contributed by atoms with E-state index in [-0.39, 0.29) is 28.6 Å². The Balaban J connectivity index is 1.95. The fraction of sp³-hybridized carbons (Fsp3) is 0.118. The monoisotopic (exact) mass is 342 g/mol. The molecule has 0 spiro atoms. The van der Waals surface area contributed by atoms with E-state index >= 15 is 0 Å². The van der Waals surface area contributed by atoms with Crippen LogP contribution in [0, 0.1) is 11.3 Å². The number of rotatable bonds is 5. The predicted molar refractivity (Wildman–Crippen MR) is 85.3 cm³/mol. The van der Waals surface area contributed by atoms with Crippen molar-refractivity contribution in [1.29, 1.82) is 5.26 Å². The second-order valence-electron chi connectivity index (χ2n) is 5.08. The van der Waals surface area contributed by atoms with Crippen molar-refractivity contribution >= 4 is 11.6 Å². The van der Waals surface area contributed by atoms with Gasteiger partial charge in [0.1, 0.15) is 17.4 Å². The van der Waals surface area contributed by atoms with E-state index in [1.54, 1.807) is 18.2 Å². The molecule has 126 valence electrons. The van der Waals surface area contributed by atoms with Crippen LogP contribution in [-0.4, -0.2) is 21.3 Å². The van der Waals surface area contributed by atoms with Gasteiger partial charge in [0.25, 0.3) is 5.89 Å². The number of para-hydroxylation sites is 1. The Labute approximate surface area is 141 Å². The van der Waals surface area contributed by atoms with E-state index in [1.807, 2.05) is 36.1 Å². The van der Waals surface area contributed by atoms with Gasteiger partial charge in [-0.3, -0.25) is 0 Å². The summed E-state index contributed by atoms with van der Waals surface area (Å²) in [6, 6.07) is 9.90. The number of hydrogen-bond donors (Lipinski definition) is 0. The Morgan fingerprint density at radius 2 is 2.16 bits per heavy atom. The summed E-state index contributed by atoms with van der Waals surface area (Å²) in [6.07, 6.45) is 5.25. The summed E-state index contributed by atoms with van der Waals surface area (Å²) in [5, 5.41) is 13.1. The molecular formula is C17H12F2N4O2. The van der Waals surface area contributed by atoms with Gasteiger partial charge < -0.3 is 13.8 Å². The van der Waals surface area contributed by atoms with E-state index in [1.165, 1.54) is 12.1 Å². The summed E-state index contributed by atoms with van der Waals surface area (Å²) in [5.41, 5.74) is 1.20. The summed E-state index contributed by atoms with van der Waals surface area (Å²) < 4.78 is 36.4. The molecule has 2 heterocycles. The van der Waals surface area contributed by atoms with Crippen molar-refractivity contribution in [3.63, 3.8) is 0 Å². The van der Waals surface area contributed by atoms with Crippen molar-refractivity contribution in [1.82, 2.24) is 14.7 Å². The van der Waals surface area contributed by atoms with Crippen molar-refractivity contribution in [2.24, 2.45) is 7.05 Å². The van der Waals surface area contributed by atoms with Crippen molar-refractivity contribution in [2.45, 2.75) is 6.61 Å². The SMILES string of the molecule is Cn1ccc(/C=C(\C#N)c2nc(-c3ccccc3OC(F)F)no2)c1. The molecule has 0 aliphatic rings. The van der Waals surface area contributed by atoms with Crippen LogP contribution in [0.2, 0.25) is 0 Å². The summed E-state index contributed by atoms with van der Waals surface area (Å²) in [7, 11) is 1.86. The van der Waals surface area contributed by atoms with Gasteiger partial charge in [0.05, 0.1) is 5.56 Å². The summed E-state index contributed by atoms with van der Waals surface area (Å²) in [4.78, 5) is 4.12. The van der Waals surface area contributed by atoms with Gasteiger partial charge in [-0.05, 0) is 29.8 Å². The maximum absolute atomic E-state index is 12.5. The second-order valence-corrected chi connectivity index (χ2v) is 5.08. The lowest BCUT2D eigenvalue weighted by Crippen LogP contribution is -2.03. The van der Waals surface area contributed by atoms with Gasteiger partial charge in [0.2, 0.25) is 5.82 Å². The lowest BCUT2D eigenvalue weighted by molar-refractivity contribution is -0.0494. The van der Waals surface area contributed by atoms with E-state index in [0.717, 1.165) is 5.56 Å². The minimum atomic E-state index is -2.97. The van der Waals surface area contributed by atoms with Gasteiger partial charge in [-0.2, -0.15) is 19.0 Å². The number of aromatic nitrogens is 3. The second kappa shape index (κ2) is 6.97. The van der Waals surface area contributed by atoms with Crippen LogP contribution >= 0.6 is 0 Å². The number of nitrogens with zero attached hydrogens (tertiary/aromatic N) is 4. The van der Waals surface area contributed by atoms with Crippen LogP contribution in [0.3, 0.4) is 0 Å². The van der Waals surface area contributed by atoms with Gasteiger partial charge in [0.15, 0.2) is 0 Å². The molecule has 0 fully saturated rings. The smallest absolute Gasteiger partial charge is 0.387 e. The van der Waals surface area contributed by atoms with Crippen LogP contribution in [0.1, 0.15) is 11.5 Å². The summed E-state index contributed by atoms with van der Waals surface area (Å²) in [6.45, 7) is -2.97. The van der Waals surface area contributed by atoms with Crippen molar-refractivity contribution in [3.05, 3.63) is 54.2 Å². The zero-order chi connectivity index (χ0) is 17.8. The lowest BCUT2D eigenvalue weighted by atomic mass is 10.2. The Morgan fingerprint density at radius 3 is 2.84 bits per heavy atom. The van der Waals surface area contributed by atoms with E-state index in [2.05, 4.69) is 14.9 Å². The third-order valence-corrected chi connectivity index (χ3v) is 3.29. The first-order chi connectivity index (χ1) is 12.1. The van der Waals surface area contributed by atoms with Crippen molar-refractivity contribution in [2.75, 3.05) is 0 Å². The molecule has 0 unspecified atom stereocenters. The van der Waals surface area contributed by atoms with E-state index in [0.29, 0.717) is 0 Å². The molecule has 0 saturated heterocycles. The number of alkyl halides is 2. The Hall–Kier alpha value is -3.47. The maximum Gasteiger partial charge on any atom is 0.387 e. The molecule has 3 rings (SSSR count). The third-order valence-electron chi connectivity index (χ3n) is 3.29. The summed E-state index contributed by atoms with van der Waals surface area (Å²) in [5.74, 6) is -0.0240. The molecule has 2 aromatic heterocycles. The molecule has 0 N–H and O–H groups in total. The molecule has 0 bridgehead atoms. The number of nitriles is 1. The third kappa shape index (κ3) is 3.72. The predicted octanol–water partition coefficient (Wildman–Crippen LogP) is 3.74. The molecular weight excluding hydrogens is 330 g/mol. The first kappa shape index (κ1) is 16.4. The highest BCUT2D eigenvalue weighted by Gasteiger charge is 2.17. The molecule has 0 saturated carbocycles. The minimum absolute atomic E-state index is 0.00629. The first-order valence-electron chi connectivity index (χ1n) is 7.19. The van der Waals surface area contributed by atoms with Crippen molar-refractivity contribution < 1.29 is 18.0 Å². The molecule has 8 heteroatoms. The minimum Gasteiger partial charge on any atom is -0.434 e. The topological polar surface area (TPSA) is 76.9 Å². The highest BCUT2D eigenvalue weighted by molar-refractivity contribution is 5.86. The van der Waals surface area contributed by atoms with Gasteiger partial charge >= 0.3 is 6.61 Å². The molecule has 0 atom stereocenters. The van der Waals surface area contributed by atoms with E-state index in [4.69, 9.17) is 4.52 Å². The number of hydrogen-bond acceptors (Lipinski definition) is 5. The molecule has 0 aliphatic heterocycles. The molecule has 0 aliphatic carbocycles. The molecule has 1 aromatic carbocycles. The Kier molecular flexibility index (Phi) is 4.57. The number of aryl methyl sites for hydroxylation is 1. The molecule has 6 nitrogen and oxygen atoms in total. The largest absolute Gasteiger partial charge is 0.434 e. The highest BCUT2D eigenvalue weighted by atomic mass is 19.3. The summed E-state index contributed by atoms with van der Waals surface area (Å²) >= 11 is 0. The van der Waals surface area contributed by atoms with Crippen LogP contribution in [-0.2, 0) is 7.05 Å². The van der Waals surface area contributed by atoms with E-state index in [9.17, 15) is 14.0 Å². The van der Waals surface area contributed by atoms with Crippen LogP contribution in [0.15, 0.2) is 47.2 Å². The van der Waals surface area contributed by atoms with Crippen LogP contribution < -0.4 is 4.74 Å². The molecule has 0 amide bonds. The van der Waals surface area contributed by atoms with Gasteiger partial charge in [-0.1, -0.05) is 17.3 Å². The van der Waals surface area contributed by atoms with Gasteiger partial charge in [0, 0.05) is 19.4 Å². The maximum atomic E-state index is 12.5. The fourth-order valence-corrected chi connectivity index (χ4v) is 2.21. The molecule has 3 aromatic rings. The van der Waals surface area contributed by atoms with Gasteiger partial charge in [-0.25, -0.2) is 0 Å². The van der Waals surface area contributed by atoms with E-state index < -0.39 is 6.61 Å². The zero-order valence-electron chi connectivity index (χ0n) is 13.1. The normalized spacial score (nSPS) is 11.6. The Morgan fingerprint density at radius 1 is 1.36 bits per heavy atom. The standard InChI is InChI=1S/C17H12F2N4O2/c1-23-7-6-11(10-23)8-12(9-20)16-21-15(22-25-16)13-4-2-3-5-14(13)24-17(18)19/h2-8,10,17H,1H3/b12-8+. The molecule has 0 radical (unpaired) electrons. The quantitative estimate of drug-likeness (QED) is 0.660. The fourth-order valence-electron chi connectivity index (χ4n) is 2.21. The highest BCUT2D eigenvalue weighted by Crippen LogP contribution is 2.30.